The fourth-order valence-corrected chi connectivity index (χ4v) is 5.73. The molecule has 1 fully saturated rings. The minimum absolute atomic E-state index is 0.206. The average molecular weight is 567 g/mol. The van der Waals surface area contributed by atoms with Crippen LogP contribution < -0.4 is 10.2 Å². The molecule has 1 saturated heterocycles. The highest BCUT2D eigenvalue weighted by atomic mass is 31.2. The van der Waals surface area contributed by atoms with Gasteiger partial charge in [-0.1, -0.05) is 0 Å². The molecule has 4 heterocycles. The van der Waals surface area contributed by atoms with Crippen molar-refractivity contribution in [1.82, 2.24) is 19.7 Å². The van der Waals surface area contributed by atoms with Gasteiger partial charge < -0.3 is 28.2 Å². The fourth-order valence-electron chi connectivity index (χ4n) is 4.75. The van der Waals surface area contributed by atoms with Crippen LogP contribution >= 0.6 is 8.60 Å². The molecule has 3 aromatic heterocycles. The Labute approximate surface area is 234 Å². The van der Waals surface area contributed by atoms with Crippen molar-refractivity contribution in [2.24, 2.45) is 13.0 Å². The molecule has 212 valence electrons. The normalized spacial score (nSPS) is 14.4. The number of pyridine rings is 1. The van der Waals surface area contributed by atoms with Gasteiger partial charge in [0.1, 0.15) is 6.26 Å². The molecular weight excluding hydrogens is 531 g/mol. The van der Waals surface area contributed by atoms with Crippen LogP contribution in [0.3, 0.4) is 0 Å². The first kappa shape index (κ1) is 28.2. The number of hydrogen-bond donors (Lipinski definition) is 1. The van der Waals surface area contributed by atoms with Crippen molar-refractivity contribution in [2.45, 2.75) is 33.6 Å². The van der Waals surface area contributed by atoms with E-state index < -0.39 is 8.60 Å². The van der Waals surface area contributed by atoms with Crippen LogP contribution in [0, 0.1) is 12.8 Å². The molecule has 1 aromatic carbocycles. The van der Waals surface area contributed by atoms with Gasteiger partial charge in [-0.15, -0.1) is 0 Å². The van der Waals surface area contributed by atoms with E-state index in [1.54, 1.807) is 16.9 Å². The predicted octanol–water partition coefficient (Wildman–Crippen LogP) is 5.72. The van der Waals surface area contributed by atoms with Crippen LogP contribution in [-0.4, -0.2) is 58.6 Å². The molecular formula is C28H35N6O5P. The molecule has 4 aromatic rings. The van der Waals surface area contributed by atoms with Gasteiger partial charge in [0.2, 0.25) is 5.89 Å². The van der Waals surface area contributed by atoms with E-state index in [0.29, 0.717) is 37.3 Å². The molecule has 0 bridgehead atoms. The van der Waals surface area contributed by atoms with Crippen LogP contribution in [0.25, 0.3) is 22.4 Å². The molecule has 0 atom stereocenters. The predicted molar refractivity (Wildman–Crippen MR) is 154 cm³/mol. The fraction of sp³-hybridized carbons (Fsp3) is 0.429. The van der Waals surface area contributed by atoms with Crippen molar-refractivity contribution >= 4 is 36.8 Å². The number of carbonyl (C=O) groups is 1. The quantitative estimate of drug-likeness (QED) is 0.228. The zero-order valence-corrected chi connectivity index (χ0v) is 24.2. The molecule has 1 aliphatic rings. The maximum atomic E-state index is 13.3. The summed E-state index contributed by atoms with van der Waals surface area (Å²) in [5, 5.41) is 8.61. The zero-order valence-electron chi connectivity index (χ0n) is 23.3. The average Bonchev–Trinajstić information content (AvgIpc) is 3.58. The van der Waals surface area contributed by atoms with Crippen molar-refractivity contribution in [3.8, 4) is 11.5 Å². The number of aromatic nitrogens is 4. The number of anilines is 2. The SMILES string of the molecule is CCOP(OCC)OCC1CCN(c2cc3nn(C)cc3cc2NC(=O)c2coc(-c3ccnc(C)c3)n2)CC1. The maximum absolute atomic E-state index is 13.3. The molecule has 1 aliphatic heterocycles. The number of nitrogens with zero attached hydrogens (tertiary/aromatic N) is 5. The molecule has 12 heteroatoms. The van der Waals surface area contributed by atoms with Crippen LogP contribution in [0.15, 0.2) is 47.3 Å². The molecule has 11 nitrogen and oxygen atoms in total. The topological polar surface area (TPSA) is 117 Å². The van der Waals surface area contributed by atoms with E-state index >= 15 is 0 Å². The first-order chi connectivity index (χ1) is 19.4. The largest absolute Gasteiger partial charge is 0.444 e. The highest BCUT2D eigenvalue weighted by Crippen LogP contribution is 2.41. The van der Waals surface area contributed by atoms with Gasteiger partial charge in [-0.25, -0.2) is 4.98 Å². The second kappa shape index (κ2) is 12.9. The lowest BCUT2D eigenvalue weighted by Crippen LogP contribution is -2.35. The number of fused-ring (bicyclic) bond motifs is 1. The maximum Gasteiger partial charge on any atom is 0.332 e. The number of aryl methyl sites for hydroxylation is 2. The Bertz CT molecular complexity index is 1440. The molecule has 0 saturated carbocycles. The Hall–Kier alpha value is -3.37. The molecule has 1 N–H and O–H groups in total. The van der Waals surface area contributed by atoms with Gasteiger partial charge in [0.15, 0.2) is 5.69 Å². The summed E-state index contributed by atoms with van der Waals surface area (Å²) in [5.41, 5.74) is 4.33. The highest BCUT2D eigenvalue weighted by molar-refractivity contribution is 7.41. The molecule has 40 heavy (non-hydrogen) atoms. The van der Waals surface area contributed by atoms with E-state index in [1.165, 1.54) is 6.26 Å². The van der Waals surface area contributed by atoms with Gasteiger partial charge in [-0.05, 0) is 63.8 Å². The number of rotatable bonds is 11. The Morgan fingerprint density at radius 3 is 2.65 bits per heavy atom. The van der Waals surface area contributed by atoms with Crippen molar-refractivity contribution < 1.29 is 22.8 Å². The van der Waals surface area contributed by atoms with Gasteiger partial charge in [0, 0.05) is 49.2 Å². The van der Waals surface area contributed by atoms with Crippen molar-refractivity contribution in [3.63, 3.8) is 0 Å². The molecule has 1 amide bonds. The van der Waals surface area contributed by atoms with Crippen LogP contribution in [0.5, 0.6) is 0 Å². The van der Waals surface area contributed by atoms with E-state index in [9.17, 15) is 4.79 Å². The second-order valence-electron chi connectivity index (χ2n) is 9.69. The molecule has 0 unspecified atom stereocenters. The molecule has 5 rings (SSSR count). The summed E-state index contributed by atoms with van der Waals surface area (Å²) in [6, 6.07) is 7.68. The Morgan fingerprint density at radius 1 is 1.15 bits per heavy atom. The number of carbonyl (C=O) groups excluding carboxylic acids is 1. The lowest BCUT2D eigenvalue weighted by Gasteiger charge is -2.34. The van der Waals surface area contributed by atoms with Gasteiger partial charge >= 0.3 is 8.60 Å². The van der Waals surface area contributed by atoms with Gasteiger partial charge in [0.25, 0.3) is 5.91 Å². The number of benzene rings is 1. The van der Waals surface area contributed by atoms with Crippen LogP contribution in [0.4, 0.5) is 11.4 Å². The smallest absolute Gasteiger partial charge is 0.332 e. The van der Waals surface area contributed by atoms with Crippen LogP contribution in [-0.2, 0) is 20.6 Å². The van der Waals surface area contributed by atoms with Crippen LogP contribution in [0.2, 0.25) is 0 Å². The summed E-state index contributed by atoms with van der Waals surface area (Å²) in [6.45, 7) is 9.15. The second-order valence-corrected chi connectivity index (χ2v) is 10.9. The number of hydrogen-bond acceptors (Lipinski definition) is 9. The van der Waals surface area contributed by atoms with E-state index in [0.717, 1.165) is 53.8 Å². The molecule has 0 radical (unpaired) electrons. The molecule has 0 aliphatic carbocycles. The first-order valence-corrected chi connectivity index (χ1v) is 14.6. The zero-order chi connectivity index (χ0) is 28.1. The lowest BCUT2D eigenvalue weighted by atomic mass is 9.97. The third-order valence-corrected chi connectivity index (χ3v) is 8.00. The Morgan fingerprint density at radius 2 is 1.93 bits per heavy atom. The minimum Gasteiger partial charge on any atom is -0.444 e. The lowest BCUT2D eigenvalue weighted by molar-refractivity contribution is 0.102. The van der Waals surface area contributed by atoms with Gasteiger partial charge in [-0.2, -0.15) is 5.10 Å². The van der Waals surface area contributed by atoms with Crippen molar-refractivity contribution in [3.05, 3.63) is 54.3 Å². The van der Waals surface area contributed by atoms with Crippen molar-refractivity contribution in [1.29, 1.82) is 0 Å². The summed E-state index contributed by atoms with van der Waals surface area (Å²) in [5.74, 6) is 0.443. The number of oxazole rings is 1. The van der Waals surface area contributed by atoms with Gasteiger partial charge in [-0.3, -0.25) is 14.5 Å². The van der Waals surface area contributed by atoms with Crippen LogP contribution in [0.1, 0.15) is 42.9 Å². The minimum atomic E-state index is -1.30. The highest BCUT2D eigenvalue weighted by Gasteiger charge is 2.25. The summed E-state index contributed by atoms with van der Waals surface area (Å²) >= 11 is 0. The Balaban J connectivity index is 1.30. The van der Waals surface area contributed by atoms with E-state index in [-0.39, 0.29) is 11.6 Å². The monoisotopic (exact) mass is 566 g/mol. The van der Waals surface area contributed by atoms with E-state index in [2.05, 4.69) is 25.3 Å². The Kier molecular flexibility index (Phi) is 9.06. The standard InChI is InChI=1S/C28H35N6O5P/c1-5-37-40(38-6-2)39-17-20-8-11-34(12-9-20)26-15-23-22(16-33(4)32-23)14-24(26)30-27(35)25-18-36-28(31-25)21-7-10-29-19(3)13-21/h7,10,13-16,18,20H,5-6,8-9,11-12,17H2,1-4H3,(H,30,35). The summed E-state index contributed by atoms with van der Waals surface area (Å²) in [7, 11) is 0.590. The summed E-state index contributed by atoms with van der Waals surface area (Å²) in [4.78, 5) is 24.2. The number of nitrogens with one attached hydrogen (secondary N) is 1. The van der Waals surface area contributed by atoms with E-state index in [4.69, 9.17) is 18.0 Å². The van der Waals surface area contributed by atoms with Crippen molar-refractivity contribution in [2.75, 3.05) is 43.1 Å². The number of piperidine rings is 1. The summed E-state index contributed by atoms with van der Waals surface area (Å²) in [6.07, 6.45) is 6.91. The number of amides is 1. The summed E-state index contributed by atoms with van der Waals surface area (Å²) < 4.78 is 24.5. The van der Waals surface area contributed by atoms with Gasteiger partial charge in [0.05, 0.1) is 36.7 Å². The first-order valence-electron chi connectivity index (χ1n) is 13.5. The molecule has 0 spiro atoms. The third-order valence-electron chi connectivity index (χ3n) is 6.70. The third kappa shape index (κ3) is 6.67. The van der Waals surface area contributed by atoms with E-state index in [1.807, 2.05) is 52.2 Å².